The van der Waals surface area contributed by atoms with Crippen LogP contribution in [0.15, 0.2) is 16.9 Å². The monoisotopic (exact) mass is 476 g/mol. The van der Waals surface area contributed by atoms with Crippen LogP contribution in [0.5, 0.6) is 0 Å². The van der Waals surface area contributed by atoms with Gasteiger partial charge in [-0.25, -0.2) is 15.0 Å². The molecule has 1 saturated carbocycles. The summed E-state index contributed by atoms with van der Waals surface area (Å²) in [5.74, 6) is 1.34. The molecule has 1 fully saturated rings. The number of nitriles is 1. The first-order valence-electron chi connectivity index (χ1n) is 10.0. The molecule has 0 bridgehead atoms. The van der Waals surface area contributed by atoms with Crippen LogP contribution in [0, 0.1) is 16.7 Å². The van der Waals surface area contributed by atoms with E-state index in [1.165, 1.54) is 0 Å². The number of aromatic nitrogens is 4. The van der Waals surface area contributed by atoms with Crippen molar-refractivity contribution in [3.05, 3.63) is 22.7 Å². The van der Waals surface area contributed by atoms with Crippen molar-refractivity contribution in [3.63, 3.8) is 0 Å². The zero-order chi connectivity index (χ0) is 21.1. The van der Waals surface area contributed by atoms with Gasteiger partial charge in [0.1, 0.15) is 22.2 Å². The van der Waals surface area contributed by atoms with E-state index in [1.54, 1.807) is 6.20 Å². The first-order chi connectivity index (χ1) is 13.7. The van der Waals surface area contributed by atoms with Gasteiger partial charge in [-0.3, -0.25) is 0 Å². The van der Waals surface area contributed by atoms with E-state index in [0.29, 0.717) is 18.9 Å². The Bertz CT molecular complexity index is 884. The molecule has 0 aromatic carbocycles. The maximum Gasteiger partial charge on any atom is 0.223 e. The van der Waals surface area contributed by atoms with Gasteiger partial charge in [-0.15, -0.1) is 0 Å². The Hall–Kier alpha value is -1.76. The SMILES string of the molecule is CC1(C(OCC[Si](C)(C)C)c2nc(-c3ccnc(NCCC#N)n3)c(Br)[nH]2)CC1. The van der Waals surface area contributed by atoms with Crippen molar-refractivity contribution in [2.24, 2.45) is 5.41 Å². The summed E-state index contributed by atoms with van der Waals surface area (Å²) >= 11 is 3.61. The van der Waals surface area contributed by atoms with Gasteiger partial charge >= 0.3 is 0 Å². The number of hydrogen-bond acceptors (Lipinski definition) is 6. The van der Waals surface area contributed by atoms with Crippen molar-refractivity contribution in [1.82, 2.24) is 19.9 Å². The zero-order valence-corrected chi connectivity index (χ0v) is 20.1. The molecule has 3 rings (SSSR count). The van der Waals surface area contributed by atoms with Crippen molar-refractivity contribution in [2.75, 3.05) is 18.5 Å². The van der Waals surface area contributed by atoms with Crippen molar-refractivity contribution in [3.8, 4) is 17.5 Å². The molecule has 2 aromatic heterocycles. The molecule has 0 spiro atoms. The summed E-state index contributed by atoms with van der Waals surface area (Å²) in [6.07, 6.45) is 4.36. The number of aromatic amines is 1. The maximum atomic E-state index is 8.68. The Morgan fingerprint density at radius 3 is 2.79 bits per heavy atom. The van der Waals surface area contributed by atoms with Gasteiger partial charge in [0.15, 0.2) is 0 Å². The molecule has 9 heteroatoms. The molecule has 2 aromatic rings. The minimum atomic E-state index is -1.15. The average Bonchev–Trinajstić information content (AvgIpc) is 3.28. The Morgan fingerprint density at radius 2 is 2.14 bits per heavy atom. The molecule has 0 amide bonds. The highest BCUT2D eigenvalue weighted by molar-refractivity contribution is 9.10. The summed E-state index contributed by atoms with van der Waals surface area (Å²) < 4.78 is 7.16. The number of anilines is 1. The lowest BCUT2D eigenvalue weighted by molar-refractivity contribution is 0.00768. The molecule has 29 heavy (non-hydrogen) atoms. The molecule has 2 N–H and O–H groups in total. The lowest BCUT2D eigenvalue weighted by atomic mass is 10.0. The summed E-state index contributed by atoms with van der Waals surface area (Å²) in [5, 5.41) is 11.7. The van der Waals surface area contributed by atoms with Crippen molar-refractivity contribution in [2.45, 2.75) is 58.0 Å². The van der Waals surface area contributed by atoms with Gasteiger partial charge in [-0.05, 0) is 40.9 Å². The minimum Gasteiger partial charge on any atom is -0.370 e. The van der Waals surface area contributed by atoms with E-state index in [0.717, 1.165) is 47.3 Å². The van der Waals surface area contributed by atoms with E-state index in [-0.39, 0.29) is 11.5 Å². The molecular formula is C20H29BrN6OSi. The Kier molecular flexibility index (Phi) is 6.76. The molecule has 0 radical (unpaired) electrons. The van der Waals surface area contributed by atoms with E-state index in [4.69, 9.17) is 15.0 Å². The second-order valence-electron chi connectivity index (χ2n) is 9.10. The number of nitrogens with zero attached hydrogens (tertiary/aromatic N) is 4. The van der Waals surface area contributed by atoms with E-state index < -0.39 is 8.07 Å². The lowest BCUT2D eigenvalue weighted by Gasteiger charge is -2.24. The van der Waals surface area contributed by atoms with E-state index in [1.807, 2.05) is 6.07 Å². The summed E-state index contributed by atoms with van der Waals surface area (Å²) in [6, 6.07) is 5.07. The van der Waals surface area contributed by atoms with Crippen LogP contribution >= 0.6 is 15.9 Å². The van der Waals surface area contributed by atoms with Crippen LogP contribution in [0.4, 0.5) is 5.95 Å². The van der Waals surface area contributed by atoms with Crippen LogP contribution in [0.1, 0.15) is 38.1 Å². The third-order valence-electron chi connectivity index (χ3n) is 5.15. The van der Waals surface area contributed by atoms with E-state index in [2.05, 4.69) is 68.8 Å². The first kappa shape index (κ1) is 21.9. The molecule has 0 saturated heterocycles. The number of hydrogen-bond donors (Lipinski definition) is 2. The second-order valence-corrected chi connectivity index (χ2v) is 15.5. The number of halogens is 1. The predicted molar refractivity (Wildman–Crippen MR) is 120 cm³/mol. The zero-order valence-electron chi connectivity index (χ0n) is 17.5. The topological polar surface area (TPSA) is 99.5 Å². The highest BCUT2D eigenvalue weighted by Crippen LogP contribution is 2.56. The predicted octanol–water partition coefficient (Wildman–Crippen LogP) is 5.15. The molecule has 1 unspecified atom stereocenters. The number of ether oxygens (including phenoxy) is 1. The minimum absolute atomic E-state index is 0.0426. The molecule has 7 nitrogen and oxygen atoms in total. The van der Waals surface area contributed by atoms with Gasteiger partial charge in [0, 0.05) is 32.8 Å². The highest BCUT2D eigenvalue weighted by Gasteiger charge is 2.48. The van der Waals surface area contributed by atoms with Gasteiger partial charge in [0.25, 0.3) is 0 Å². The molecular weight excluding hydrogens is 448 g/mol. The fraction of sp³-hybridized carbons (Fsp3) is 0.600. The summed E-state index contributed by atoms with van der Waals surface area (Å²) in [7, 11) is -1.15. The molecule has 0 aliphatic heterocycles. The van der Waals surface area contributed by atoms with Gasteiger partial charge in [-0.1, -0.05) is 26.6 Å². The number of nitrogens with one attached hydrogen (secondary N) is 2. The summed E-state index contributed by atoms with van der Waals surface area (Å²) in [6.45, 7) is 10.6. The molecule has 156 valence electrons. The Labute approximate surface area is 181 Å². The van der Waals surface area contributed by atoms with E-state index in [9.17, 15) is 0 Å². The van der Waals surface area contributed by atoms with Crippen molar-refractivity contribution < 1.29 is 4.74 Å². The highest BCUT2D eigenvalue weighted by atomic mass is 79.9. The quantitative estimate of drug-likeness (QED) is 0.363. The Balaban J connectivity index is 1.79. The second kappa shape index (κ2) is 8.94. The average molecular weight is 477 g/mol. The molecule has 1 atom stereocenters. The molecule has 1 aliphatic rings. The van der Waals surface area contributed by atoms with Gasteiger partial charge < -0.3 is 15.0 Å². The van der Waals surface area contributed by atoms with E-state index >= 15 is 0 Å². The fourth-order valence-corrected chi connectivity index (χ4v) is 4.25. The van der Waals surface area contributed by atoms with Crippen molar-refractivity contribution >= 4 is 30.0 Å². The summed E-state index contributed by atoms with van der Waals surface area (Å²) in [5.41, 5.74) is 1.60. The number of imidazole rings is 1. The third-order valence-corrected chi connectivity index (χ3v) is 7.43. The van der Waals surface area contributed by atoms with Crippen molar-refractivity contribution in [1.29, 1.82) is 5.26 Å². The van der Waals surface area contributed by atoms with Crippen LogP contribution in [0.2, 0.25) is 25.7 Å². The van der Waals surface area contributed by atoms with Crippen LogP contribution < -0.4 is 5.32 Å². The molecule has 1 aliphatic carbocycles. The largest absolute Gasteiger partial charge is 0.370 e. The van der Waals surface area contributed by atoms with Gasteiger partial charge in [0.2, 0.25) is 5.95 Å². The van der Waals surface area contributed by atoms with Crippen LogP contribution in [-0.2, 0) is 4.74 Å². The lowest BCUT2D eigenvalue weighted by Crippen LogP contribution is -2.24. The maximum absolute atomic E-state index is 8.68. The van der Waals surface area contributed by atoms with Crippen LogP contribution in [0.25, 0.3) is 11.4 Å². The molecule has 2 heterocycles. The normalized spacial score (nSPS) is 16.3. The first-order valence-corrected chi connectivity index (χ1v) is 14.5. The smallest absolute Gasteiger partial charge is 0.223 e. The van der Waals surface area contributed by atoms with Crippen LogP contribution in [-0.4, -0.2) is 41.2 Å². The fourth-order valence-electron chi connectivity index (χ4n) is 3.02. The number of H-pyrrole nitrogens is 1. The van der Waals surface area contributed by atoms with Crippen LogP contribution in [0.3, 0.4) is 0 Å². The number of rotatable bonds is 10. The third kappa shape index (κ3) is 5.87. The van der Waals surface area contributed by atoms with Gasteiger partial charge in [0.05, 0.1) is 18.2 Å². The Morgan fingerprint density at radius 1 is 1.38 bits per heavy atom. The van der Waals surface area contributed by atoms with Gasteiger partial charge in [-0.2, -0.15) is 5.26 Å². The standard InChI is InChI=1S/C20H29BrN6OSi/c1-20(7-8-20)16(28-12-13-29(2,3)4)18-26-15(17(21)27-18)14-6-11-24-19(25-14)23-10-5-9-22/h6,11,16H,5,7-8,10,12-13H2,1-4H3,(H,26,27)(H,23,24,25). The summed E-state index contributed by atoms with van der Waals surface area (Å²) in [4.78, 5) is 17.0.